The van der Waals surface area contributed by atoms with Gasteiger partial charge in [-0.05, 0) is 28.9 Å². The Morgan fingerprint density at radius 2 is 2.22 bits per heavy atom. The molecule has 2 N–H and O–H groups in total. The molecule has 0 spiro atoms. The van der Waals surface area contributed by atoms with Gasteiger partial charge in [0, 0.05) is 25.6 Å². The van der Waals surface area contributed by atoms with Gasteiger partial charge in [0.15, 0.2) is 0 Å². The second-order valence-electron chi connectivity index (χ2n) is 3.65. The average molecular weight is 341 g/mol. The fourth-order valence-corrected chi connectivity index (χ4v) is 2.17. The first-order valence-electron chi connectivity index (χ1n) is 5.67. The number of ether oxygens (including phenoxy) is 2. The van der Waals surface area contributed by atoms with Crippen LogP contribution in [0.4, 0.5) is 4.39 Å². The van der Waals surface area contributed by atoms with Crippen molar-refractivity contribution in [2.75, 3.05) is 19.8 Å². The van der Waals surface area contributed by atoms with Crippen LogP contribution in [0.3, 0.4) is 0 Å². The smallest absolute Gasteiger partial charge is 0.145 e. The van der Waals surface area contributed by atoms with E-state index in [1.807, 2.05) is 6.92 Å². The number of nitrogens with two attached hydrogens (primary N) is 1. The van der Waals surface area contributed by atoms with Gasteiger partial charge in [0.25, 0.3) is 0 Å². The maximum Gasteiger partial charge on any atom is 0.145 e. The summed E-state index contributed by atoms with van der Waals surface area (Å²) in [5, 5.41) is 0.0587. The predicted molar refractivity (Wildman–Crippen MR) is 73.7 cm³/mol. The van der Waals surface area contributed by atoms with E-state index in [1.54, 1.807) is 0 Å². The van der Waals surface area contributed by atoms with Gasteiger partial charge in [-0.25, -0.2) is 4.39 Å². The second kappa shape index (κ2) is 7.94. The minimum atomic E-state index is -0.505. The first-order chi connectivity index (χ1) is 8.58. The topological polar surface area (TPSA) is 44.5 Å². The Balaban J connectivity index is 2.51. The minimum Gasteiger partial charge on any atom is -0.492 e. The van der Waals surface area contributed by atoms with E-state index in [0.717, 1.165) is 0 Å². The molecule has 0 heterocycles. The van der Waals surface area contributed by atoms with Crippen molar-refractivity contribution in [3.63, 3.8) is 0 Å². The maximum absolute atomic E-state index is 13.3. The Bertz CT molecular complexity index is 393. The third-order valence-electron chi connectivity index (χ3n) is 2.34. The van der Waals surface area contributed by atoms with Crippen LogP contribution in [0, 0.1) is 5.82 Å². The minimum absolute atomic E-state index is 0.0362. The Morgan fingerprint density at radius 1 is 1.50 bits per heavy atom. The van der Waals surface area contributed by atoms with Crippen molar-refractivity contribution in [2.45, 2.75) is 19.4 Å². The van der Waals surface area contributed by atoms with Crippen LogP contribution < -0.4 is 10.5 Å². The van der Waals surface area contributed by atoms with Crippen LogP contribution in [0.5, 0.6) is 5.75 Å². The van der Waals surface area contributed by atoms with Crippen molar-refractivity contribution in [3.05, 3.63) is 27.4 Å². The van der Waals surface area contributed by atoms with E-state index in [-0.39, 0.29) is 11.1 Å². The van der Waals surface area contributed by atoms with E-state index in [9.17, 15) is 4.39 Å². The largest absolute Gasteiger partial charge is 0.492 e. The summed E-state index contributed by atoms with van der Waals surface area (Å²) in [7, 11) is 0. The van der Waals surface area contributed by atoms with Crippen molar-refractivity contribution < 1.29 is 13.9 Å². The maximum atomic E-state index is 13.3. The zero-order valence-corrected chi connectivity index (χ0v) is 12.4. The van der Waals surface area contributed by atoms with Gasteiger partial charge in [0.1, 0.15) is 11.6 Å². The molecule has 0 amide bonds. The molecule has 6 heteroatoms. The molecule has 0 aliphatic carbocycles. The number of hydrogen-bond acceptors (Lipinski definition) is 3. The van der Waals surface area contributed by atoms with Crippen molar-refractivity contribution >= 4 is 27.5 Å². The fraction of sp³-hybridized carbons (Fsp3) is 0.500. The summed E-state index contributed by atoms with van der Waals surface area (Å²) in [6.07, 6.45) is 0.618. The number of benzene rings is 1. The van der Waals surface area contributed by atoms with Gasteiger partial charge in [-0.2, -0.15) is 0 Å². The highest BCUT2D eigenvalue weighted by atomic mass is 79.9. The molecular formula is C12H16BrClFNO2. The number of rotatable bonds is 7. The zero-order valence-electron chi connectivity index (χ0n) is 10.1. The lowest BCUT2D eigenvalue weighted by Gasteiger charge is -2.15. The highest BCUT2D eigenvalue weighted by Gasteiger charge is 2.10. The van der Waals surface area contributed by atoms with Gasteiger partial charge in [-0.3, -0.25) is 0 Å². The van der Waals surface area contributed by atoms with Crippen LogP contribution in [-0.4, -0.2) is 25.9 Å². The molecule has 0 aliphatic rings. The molecule has 0 aliphatic heterocycles. The molecule has 3 nitrogen and oxygen atoms in total. The molecule has 1 aromatic rings. The zero-order chi connectivity index (χ0) is 13.5. The SMILES string of the molecule is CCOC(CN)CCOc1cc(F)c(Cl)cc1Br. The Kier molecular flexibility index (Phi) is 6.92. The second-order valence-corrected chi connectivity index (χ2v) is 4.91. The van der Waals surface area contributed by atoms with Crippen molar-refractivity contribution in [1.82, 2.24) is 0 Å². The van der Waals surface area contributed by atoms with E-state index in [1.165, 1.54) is 12.1 Å². The molecule has 1 unspecified atom stereocenters. The summed E-state index contributed by atoms with van der Waals surface area (Å²) in [6, 6.07) is 2.72. The molecule has 0 saturated heterocycles. The number of halogens is 3. The van der Waals surface area contributed by atoms with Gasteiger partial charge < -0.3 is 15.2 Å². The third-order valence-corrected chi connectivity index (χ3v) is 3.25. The summed E-state index contributed by atoms with van der Waals surface area (Å²) in [6.45, 7) is 3.37. The van der Waals surface area contributed by atoms with Crippen molar-refractivity contribution in [1.29, 1.82) is 0 Å². The summed E-state index contributed by atoms with van der Waals surface area (Å²) >= 11 is 8.90. The summed E-state index contributed by atoms with van der Waals surface area (Å²) in [5.41, 5.74) is 5.54. The van der Waals surface area contributed by atoms with Gasteiger partial charge in [-0.1, -0.05) is 11.6 Å². The Labute approximate surface area is 120 Å². The van der Waals surface area contributed by atoms with Gasteiger partial charge in [0.05, 0.1) is 22.2 Å². The van der Waals surface area contributed by atoms with Crippen molar-refractivity contribution in [2.24, 2.45) is 5.73 Å². The molecule has 1 rings (SSSR count). The van der Waals surface area contributed by atoms with Crippen molar-refractivity contribution in [3.8, 4) is 5.75 Å². The van der Waals surface area contributed by atoms with Crippen LogP contribution in [0.2, 0.25) is 5.02 Å². The highest BCUT2D eigenvalue weighted by molar-refractivity contribution is 9.10. The lowest BCUT2D eigenvalue weighted by atomic mass is 10.2. The van der Waals surface area contributed by atoms with E-state index in [0.29, 0.717) is 36.4 Å². The molecule has 18 heavy (non-hydrogen) atoms. The standard InChI is InChI=1S/C12H16BrClFNO2/c1-2-17-8(7-16)3-4-18-12-6-11(15)10(14)5-9(12)13/h5-6,8H,2-4,7,16H2,1H3. The quantitative estimate of drug-likeness (QED) is 0.774. The predicted octanol–water partition coefficient (Wildman–Crippen LogP) is 3.37. The lowest BCUT2D eigenvalue weighted by molar-refractivity contribution is 0.0526. The summed E-state index contributed by atoms with van der Waals surface area (Å²) in [5.74, 6) is -0.0841. The molecule has 0 radical (unpaired) electrons. The van der Waals surface area contributed by atoms with Gasteiger partial charge in [0.2, 0.25) is 0 Å². The van der Waals surface area contributed by atoms with Crippen LogP contribution >= 0.6 is 27.5 Å². The van der Waals surface area contributed by atoms with E-state index in [2.05, 4.69) is 15.9 Å². The Morgan fingerprint density at radius 3 is 2.83 bits per heavy atom. The molecule has 1 aromatic carbocycles. The molecular weight excluding hydrogens is 324 g/mol. The highest BCUT2D eigenvalue weighted by Crippen LogP contribution is 2.30. The normalized spacial score (nSPS) is 12.5. The van der Waals surface area contributed by atoms with Crippen LogP contribution in [0.1, 0.15) is 13.3 Å². The summed E-state index contributed by atoms with van der Waals surface area (Å²) < 4.78 is 24.7. The molecule has 0 fully saturated rings. The van der Waals surface area contributed by atoms with Crippen LogP contribution in [-0.2, 0) is 4.74 Å². The first kappa shape index (κ1) is 15.7. The Hall–Kier alpha value is -0.360. The van der Waals surface area contributed by atoms with Gasteiger partial charge >= 0.3 is 0 Å². The van der Waals surface area contributed by atoms with E-state index < -0.39 is 5.82 Å². The molecule has 102 valence electrons. The lowest BCUT2D eigenvalue weighted by Crippen LogP contribution is -2.25. The number of hydrogen-bond donors (Lipinski definition) is 1. The first-order valence-corrected chi connectivity index (χ1v) is 6.84. The fourth-order valence-electron chi connectivity index (χ4n) is 1.42. The third kappa shape index (κ3) is 4.72. The molecule has 1 atom stereocenters. The van der Waals surface area contributed by atoms with Crippen LogP contribution in [0.15, 0.2) is 16.6 Å². The monoisotopic (exact) mass is 339 g/mol. The van der Waals surface area contributed by atoms with Gasteiger partial charge in [-0.15, -0.1) is 0 Å². The average Bonchev–Trinajstić information content (AvgIpc) is 2.34. The molecule has 0 bridgehead atoms. The summed E-state index contributed by atoms with van der Waals surface area (Å²) in [4.78, 5) is 0. The molecule has 0 aromatic heterocycles. The molecule has 0 saturated carbocycles. The van der Waals surface area contributed by atoms with Crippen LogP contribution in [0.25, 0.3) is 0 Å². The van der Waals surface area contributed by atoms with E-state index in [4.69, 9.17) is 26.8 Å². The van der Waals surface area contributed by atoms with E-state index >= 15 is 0 Å².